The maximum atomic E-state index is 5.74. The van der Waals surface area contributed by atoms with Gasteiger partial charge in [-0.1, -0.05) is 26.0 Å². The summed E-state index contributed by atoms with van der Waals surface area (Å²) in [5.74, 6) is 2.51. The lowest BCUT2D eigenvalue weighted by Gasteiger charge is -2.11. The molecule has 0 amide bonds. The quantitative estimate of drug-likeness (QED) is 0.658. The number of hydrogen-bond acceptors (Lipinski definition) is 3. The van der Waals surface area contributed by atoms with Crippen LogP contribution in [0.2, 0.25) is 0 Å². The molecule has 2 aromatic rings. The number of anilines is 1. The monoisotopic (exact) mass is 327 g/mol. The van der Waals surface area contributed by atoms with Crippen molar-refractivity contribution in [1.29, 1.82) is 0 Å². The Morgan fingerprint density at radius 3 is 2.04 bits per heavy atom. The zero-order valence-corrected chi connectivity index (χ0v) is 15.2. The largest absolute Gasteiger partial charge is 0.494 e. The molecule has 0 aromatic heterocycles. The fraction of sp³-hybridized carbons (Fsp3) is 0.429. The van der Waals surface area contributed by atoms with E-state index in [4.69, 9.17) is 9.47 Å². The highest BCUT2D eigenvalue weighted by molar-refractivity contribution is 5.47. The predicted molar refractivity (Wildman–Crippen MR) is 101 cm³/mol. The summed E-state index contributed by atoms with van der Waals surface area (Å²) in [6, 6.07) is 16.4. The van der Waals surface area contributed by atoms with Gasteiger partial charge in [0.25, 0.3) is 0 Å². The van der Waals surface area contributed by atoms with Crippen molar-refractivity contribution >= 4 is 5.69 Å². The molecule has 2 rings (SSSR count). The van der Waals surface area contributed by atoms with Gasteiger partial charge in [-0.15, -0.1) is 0 Å². The SMILES string of the molecule is CC(C)CCOc1ccc(NCc2ccc(OC(C)C)cc2)cc1. The minimum absolute atomic E-state index is 0.204. The van der Waals surface area contributed by atoms with Gasteiger partial charge in [0.05, 0.1) is 12.7 Å². The highest BCUT2D eigenvalue weighted by Crippen LogP contribution is 2.18. The topological polar surface area (TPSA) is 30.5 Å². The Hall–Kier alpha value is -2.16. The first kappa shape index (κ1) is 18.2. The van der Waals surface area contributed by atoms with Crippen molar-refractivity contribution in [1.82, 2.24) is 0 Å². The summed E-state index contributed by atoms with van der Waals surface area (Å²) in [5.41, 5.74) is 2.32. The molecule has 2 aromatic carbocycles. The van der Waals surface area contributed by atoms with Gasteiger partial charge in [-0.25, -0.2) is 0 Å². The molecule has 24 heavy (non-hydrogen) atoms. The molecule has 0 fully saturated rings. The highest BCUT2D eigenvalue weighted by Gasteiger charge is 2.00. The molecule has 0 radical (unpaired) electrons. The molecule has 0 atom stereocenters. The van der Waals surface area contributed by atoms with Crippen LogP contribution in [0.5, 0.6) is 11.5 Å². The van der Waals surface area contributed by atoms with Gasteiger partial charge in [-0.2, -0.15) is 0 Å². The van der Waals surface area contributed by atoms with E-state index in [1.165, 1.54) is 5.56 Å². The molecule has 0 aliphatic rings. The summed E-state index contributed by atoms with van der Waals surface area (Å²) in [6.45, 7) is 10.0. The number of rotatable bonds is 9. The summed E-state index contributed by atoms with van der Waals surface area (Å²) in [6.07, 6.45) is 1.28. The minimum Gasteiger partial charge on any atom is -0.494 e. The predicted octanol–water partition coefficient (Wildman–Crippen LogP) is 5.51. The molecule has 0 saturated carbocycles. The van der Waals surface area contributed by atoms with Crippen LogP contribution in [0, 0.1) is 5.92 Å². The van der Waals surface area contributed by atoms with Crippen LogP contribution in [-0.4, -0.2) is 12.7 Å². The molecule has 0 spiro atoms. The van der Waals surface area contributed by atoms with Crippen molar-refractivity contribution in [3.8, 4) is 11.5 Å². The Balaban J connectivity index is 1.79. The number of hydrogen-bond donors (Lipinski definition) is 1. The molecule has 3 nitrogen and oxygen atoms in total. The summed E-state index contributed by atoms with van der Waals surface area (Å²) < 4.78 is 11.4. The van der Waals surface area contributed by atoms with E-state index >= 15 is 0 Å². The lowest BCUT2D eigenvalue weighted by molar-refractivity contribution is 0.242. The number of benzene rings is 2. The standard InChI is InChI=1S/C21H29NO2/c1-16(2)13-14-23-20-11-7-19(8-12-20)22-15-18-5-9-21(10-6-18)24-17(3)4/h5-12,16-17,22H,13-15H2,1-4H3. The van der Waals surface area contributed by atoms with Crippen LogP contribution < -0.4 is 14.8 Å². The van der Waals surface area contributed by atoms with Crippen molar-refractivity contribution in [2.24, 2.45) is 5.92 Å². The van der Waals surface area contributed by atoms with Gasteiger partial charge in [-0.05, 0) is 68.1 Å². The second-order valence-electron chi connectivity index (χ2n) is 6.72. The maximum Gasteiger partial charge on any atom is 0.119 e. The third-order valence-electron chi connectivity index (χ3n) is 3.61. The minimum atomic E-state index is 0.204. The first-order valence-electron chi connectivity index (χ1n) is 8.75. The number of ether oxygens (including phenoxy) is 2. The molecule has 3 heteroatoms. The van der Waals surface area contributed by atoms with E-state index in [-0.39, 0.29) is 6.10 Å². The Bertz CT molecular complexity index is 588. The molecule has 0 aliphatic carbocycles. The third kappa shape index (κ3) is 6.53. The van der Waals surface area contributed by atoms with Crippen LogP contribution in [0.4, 0.5) is 5.69 Å². The van der Waals surface area contributed by atoms with Gasteiger partial charge in [0.1, 0.15) is 11.5 Å². The molecular weight excluding hydrogens is 298 g/mol. The average molecular weight is 327 g/mol. The first-order chi connectivity index (χ1) is 11.5. The molecular formula is C21H29NO2. The normalized spacial score (nSPS) is 10.9. The van der Waals surface area contributed by atoms with Crippen molar-refractivity contribution in [2.45, 2.75) is 46.8 Å². The number of nitrogens with one attached hydrogen (secondary N) is 1. The molecule has 0 aliphatic heterocycles. The maximum absolute atomic E-state index is 5.74. The van der Waals surface area contributed by atoms with E-state index in [1.807, 2.05) is 38.1 Å². The Kier molecular flexibility index (Phi) is 6.98. The summed E-state index contributed by atoms with van der Waals surface area (Å²) in [5, 5.41) is 3.43. The Labute approximate surface area is 146 Å². The van der Waals surface area contributed by atoms with Gasteiger partial charge in [0.2, 0.25) is 0 Å². The van der Waals surface area contributed by atoms with Gasteiger partial charge in [0, 0.05) is 12.2 Å². The summed E-state index contributed by atoms with van der Waals surface area (Å²) >= 11 is 0. The molecule has 0 saturated heterocycles. The lowest BCUT2D eigenvalue weighted by Crippen LogP contribution is -2.05. The van der Waals surface area contributed by atoms with Gasteiger partial charge < -0.3 is 14.8 Å². The van der Waals surface area contributed by atoms with Crippen molar-refractivity contribution in [3.63, 3.8) is 0 Å². The van der Waals surface area contributed by atoms with Crippen LogP contribution >= 0.6 is 0 Å². The van der Waals surface area contributed by atoms with E-state index in [1.54, 1.807) is 0 Å². The lowest BCUT2D eigenvalue weighted by atomic mass is 10.1. The summed E-state index contributed by atoms with van der Waals surface area (Å²) in [7, 11) is 0. The van der Waals surface area contributed by atoms with E-state index < -0.39 is 0 Å². The zero-order valence-electron chi connectivity index (χ0n) is 15.2. The average Bonchev–Trinajstić information content (AvgIpc) is 2.54. The molecule has 0 heterocycles. The van der Waals surface area contributed by atoms with Gasteiger partial charge in [-0.3, -0.25) is 0 Å². The molecule has 1 N–H and O–H groups in total. The van der Waals surface area contributed by atoms with E-state index in [9.17, 15) is 0 Å². The van der Waals surface area contributed by atoms with Crippen molar-refractivity contribution in [3.05, 3.63) is 54.1 Å². The third-order valence-corrected chi connectivity index (χ3v) is 3.61. The van der Waals surface area contributed by atoms with Crippen LogP contribution in [0.1, 0.15) is 39.7 Å². The van der Waals surface area contributed by atoms with Crippen LogP contribution in [0.3, 0.4) is 0 Å². The van der Waals surface area contributed by atoms with E-state index in [2.05, 4.69) is 43.4 Å². The van der Waals surface area contributed by atoms with Gasteiger partial charge >= 0.3 is 0 Å². The molecule has 130 valence electrons. The van der Waals surface area contributed by atoms with Crippen molar-refractivity contribution in [2.75, 3.05) is 11.9 Å². The smallest absolute Gasteiger partial charge is 0.119 e. The van der Waals surface area contributed by atoms with E-state index in [0.29, 0.717) is 5.92 Å². The fourth-order valence-electron chi connectivity index (χ4n) is 2.24. The van der Waals surface area contributed by atoms with E-state index in [0.717, 1.165) is 36.8 Å². The van der Waals surface area contributed by atoms with Crippen LogP contribution in [-0.2, 0) is 6.54 Å². The van der Waals surface area contributed by atoms with Crippen LogP contribution in [0.25, 0.3) is 0 Å². The second-order valence-corrected chi connectivity index (χ2v) is 6.72. The van der Waals surface area contributed by atoms with Crippen LogP contribution in [0.15, 0.2) is 48.5 Å². The Morgan fingerprint density at radius 1 is 0.833 bits per heavy atom. The first-order valence-corrected chi connectivity index (χ1v) is 8.75. The molecule has 0 unspecified atom stereocenters. The van der Waals surface area contributed by atoms with Crippen molar-refractivity contribution < 1.29 is 9.47 Å². The molecule has 0 bridgehead atoms. The second kappa shape index (κ2) is 9.21. The summed E-state index contributed by atoms with van der Waals surface area (Å²) in [4.78, 5) is 0. The fourth-order valence-corrected chi connectivity index (χ4v) is 2.24. The highest BCUT2D eigenvalue weighted by atomic mass is 16.5. The Morgan fingerprint density at radius 2 is 1.46 bits per heavy atom. The zero-order chi connectivity index (χ0) is 17.4. The van der Waals surface area contributed by atoms with Gasteiger partial charge in [0.15, 0.2) is 0 Å².